The summed E-state index contributed by atoms with van der Waals surface area (Å²) in [5.74, 6) is -1.40. The van der Waals surface area contributed by atoms with E-state index < -0.39 is 22.6 Å². The third kappa shape index (κ3) is 4.44. The van der Waals surface area contributed by atoms with Gasteiger partial charge in [-0.05, 0) is 31.2 Å². The van der Waals surface area contributed by atoms with Crippen LogP contribution in [0.25, 0.3) is 16.6 Å². The maximum absolute atomic E-state index is 14.7. The Morgan fingerprint density at radius 3 is 2.82 bits per heavy atom. The lowest BCUT2D eigenvalue weighted by atomic mass is 10.2. The fraction of sp³-hybridized carbons (Fsp3) is 0.0952. The highest BCUT2D eigenvalue weighted by Gasteiger charge is 2.21. The van der Waals surface area contributed by atoms with E-state index in [1.807, 2.05) is 6.07 Å². The van der Waals surface area contributed by atoms with Gasteiger partial charge >= 0.3 is 0 Å². The Morgan fingerprint density at radius 2 is 2.06 bits per heavy atom. The molecule has 0 fully saturated rings. The second kappa shape index (κ2) is 9.01. The standard InChI is InChI=1S/C21H14ClF2N7OS/c1-10(28-18-11(8-25)9-27-20(26)30-18)33-21-29-15-4-2-3-13(22)17(15)19(32)31(21)16-7-12(23)5-6-14(16)24/h2-7,9-10H,1H3,(H3,26,27,28,30)/t10-/m1/s1. The van der Waals surface area contributed by atoms with Gasteiger partial charge in [0.2, 0.25) is 5.95 Å². The summed E-state index contributed by atoms with van der Waals surface area (Å²) >= 11 is 7.24. The number of nitrogens with zero attached hydrogens (tertiary/aromatic N) is 5. The van der Waals surface area contributed by atoms with Crippen LogP contribution in [0, 0.1) is 23.0 Å². The molecule has 2 aromatic carbocycles. The fourth-order valence-corrected chi connectivity index (χ4v) is 4.26. The Balaban J connectivity index is 1.85. The highest BCUT2D eigenvalue weighted by atomic mass is 35.5. The van der Waals surface area contributed by atoms with E-state index in [1.54, 1.807) is 19.1 Å². The average Bonchev–Trinajstić information content (AvgIpc) is 2.76. The molecule has 0 aliphatic rings. The van der Waals surface area contributed by atoms with Gasteiger partial charge in [-0.3, -0.25) is 9.36 Å². The van der Waals surface area contributed by atoms with Gasteiger partial charge in [-0.15, -0.1) is 0 Å². The van der Waals surface area contributed by atoms with Gasteiger partial charge in [0.15, 0.2) is 5.16 Å². The maximum Gasteiger partial charge on any atom is 0.268 e. The predicted octanol–water partition coefficient (Wildman–Crippen LogP) is 4.11. The molecule has 0 aliphatic carbocycles. The van der Waals surface area contributed by atoms with Crippen LogP contribution in [0.3, 0.4) is 0 Å². The largest absolute Gasteiger partial charge is 0.368 e. The first kappa shape index (κ1) is 22.4. The van der Waals surface area contributed by atoms with Crippen LogP contribution >= 0.6 is 23.4 Å². The topological polar surface area (TPSA) is 123 Å². The number of nitrogens with one attached hydrogen (secondary N) is 1. The number of fused-ring (bicyclic) bond motifs is 1. The highest BCUT2D eigenvalue weighted by Crippen LogP contribution is 2.29. The van der Waals surface area contributed by atoms with E-state index in [0.717, 1.165) is 34.5 Å². The van der Waals surface area contributed by atoms with Crippen molar-refractivity contribution in [3.05, 3.63) is 75.2 Å². The molecule has 0 aliphatic heterocycles. The summed E-state index contributed by atoms with van der Waals surface area (Å²) in [5, 5.41) is 12.0. The lowest BCUT2D eigenvalue weighted by Crippen LogP contribution is -2.25. The number of halogens is 3. The normalized spacial score (nSPS) is 11.8. The average molecular weight is 486 g/mol. The van der Waals surface area contributed by atoms with Gasteiger partial charge in [0.25, 0.3) is 5.56 Å². The molecule has 0 radical (unpaired) electrons. The molecule has 4 rings (SSSR count). The number of nitrogens with two attached hydrogens (primary N) is 1. The molecule has 12 heteroatoms. The van der Waals surface area contributed by atoms with Crippen LogP contribution in [0.1, 0.15) is 12.5 Å². The molecule has 0 amide bonds. The number of hydrogen-bond acceptors (Lipinski definition) is 8. The molecule has 0 bridgehead atoms. The molecule has 0 unspecified atom stereocenters. The van der Waals surface area contributed by atoms with Crippen molar-refractivity contribution in [1.29, 1.82) is 5.26 Å². The van der Waals surface area contributed by atoms with Gasteiger partial charge in [0, 0.05) is 6.07 Å². The zero-order valence-electron chi connectivity index (χ0n) is 16.9. The Hall–Kier alpha value is -3.75. The summed E-state index contributed by atoms with van der Waals surface area (Å²) in [6.07, 6.45) is 1.27. The summed E-state index contributed by atoms with van der Waals surface area (Å²) in [4.78, 5) is 25.6. The van der Waals surface area contributed by atoms with Crippen LogP contribution < -0.4 is 16.6 Å². The first-order valence-electron chi connectivity index (χ1n) is 9.41. The van der Waals surface area contributed by atoms with E-state index in [-0.39, 0.29) is 38.6 Å². The Bertz CT molecular complexity index is 1490. The number of hydrogen-bond donors (Lipinski definition) is 2. The quantitative estimate of drug-likeness (QED) is 0.246. The molecule has 8 nitrogen and oxygen atoms in total. The van der Waals surface area contributed by atoms with Gasteiger partial charge in [-0.2, -0.15) is 10.2 Å². The molecular formula is C21H14ClF2N7OS. The first-order chi connectivity index (χ1) is 15.8. The predicted molar refractivity (Wildman–Crippen MR) is 122 cm³/mol. The van der Waals surface area contributed by atoms with Crippen LogP contribution in [-0.4, -0.2) is 24.9 Å². The number of nitrogen functional groups attached to an aromatic ring is 1. The molecule has 0 saturated carbocycles. The molecular weight excluding hydrogens is 472 g/mol. The van der Waals surface area contributed by atoms with E-state index >= 15 is 0 Å². The monoisotopic (exact) mass is 485 g/mol. The number of thioether (sulfide) groups is 1. The smallest absolute Gasteiger partial charge is 0.268 e. The molecule has 3 N–H and O–H groups in total. The second-order valence-electron chi connectivity index (χ2n) is 6.77. The summed E-state index contributed by atoms with van der Waals surface area (Å²) < 4.78 is 29.6. The summed E-state index contributed by atoms with van der Waals surface area (Å²) in [7, 11) is 0. The van der Waals surface area contributed by atoms with Gasteiger partial charge in [-0.1, -0.05) is 29.4 Å². The Morgan fingerprint density at radius 1 is 1.27 bits per heavy atom. The summed E-state index contributed by atoms with van der Waals surface area (Å²) in [6, 6.07) is 9.47. The first-order valence-corrected chi connectivity index (χ1v) is 10.7. The van der Waals surface area contributed by atoms with Crippen LogP contribution in [0.5, 0.6) is 0 Å². The van der Waals surface area contributed by atoms with Gasteiger partial charge in [0.05, 0.1) is 33.2 Å². The van der Waals surface area contributed by atoms with Crippen molar-refractivity contribution in [2.75, 3.05) is 11.1 Å². The minimum Gasteiger partial charge on any atom is -0.368 e. The van der Waals surface area contributed by atoms with Gasteiger partial charge in [0.1, 0.15) is 29.1 Å². The molecule has 2 aromatic heterocycles. The number of anilines is 2. The van der Waals surface area contributed by atoms with E-state index in [9.17, 15) is 18.8 Å². The van der Waals surface area contributed by atoms with Crippen molar-refractivity contribution < 1.29 is 8.78 Å². The maximum atomic E-state index is 14.7. The molecule has 166 valence electrons. The number of nitriles is 1. The van der Waals surface area contributed by atoms with Crippen molar-refractivity contribution in [1.82, 2.24) is 19.5 Å². The van der Waals surface area contributed by atoms with E-state index in [1.165, 1.54) is 12.3 Å². The second-order valence-corrected chi connectivity index (χ2v) is 8.49. The molecule has 33 heavy (non-hydrogen) atoms. The van der Waals surface area contributed by atoms with E-state index in [0.29, 0.717) is 5.52 Å². The van der Waals surface area contributed by atoms with Crippen molar-refractivity contribution >= 4 is 46.0 Å². The lowest BCUT2D eigenvalue weighted by Gasteiger charge is -2.18. The van der Waals surface area contributed by atoms with Crippen LogP contribution in [0.4, 0.5) is 20.5 Å². The van der Waals surface area contributed by atoms with Crippen molar-refractivity contribution in [2.45, 2.75) is 17.5 Å². The van der Waals surface area contributed by atoms with Crippen LogP contribution in [0.2, 0.25) is 5.02 Å². The van der Waals surface area contributed by atoms with Crippen LogP contribution in [-0.2, 0) is 0 Å². The number of benzene rings is 2. The third-order valence-electron chi connectivity index (χ3n) is 4.52. The highest BCUT2D eigenvalue weighted by molar-refractivity contribution is 7.99. The van der Waals surface area contributed by atoms with E-state index in [4.69, 9.17) is 17.3 Å². The minimum atomic E-state index is -0.815. The number of rotatable bonds is 5. The molecule has 2 heterocycles. The Labute approximate surface area is 195 Å². The molecule has 0 saturated heterocycles. The number of aromatic nitrogens is 4. The fourth-order valence-electron chi connectivity index (χ4n) is 3.09. The minimum absolute atomic E-state index is 0.0362. The molecule has 1 atom stereocenters. The Kier molecular flexibility index (Phi) is 6.13. The molecule has 4 aromatic rings. The van der Waals surface area contributed by atoms with Gasteiger partial charge < -0.3 is 11.1 Å². The summed E-state index contributed by atoms with van der Waals surface area (Å²) in [6.45, 7) is 1.71. The summed E-state index contributed by atoms with van der Waals surface area (Å²) in [5.41, 5.74) is 5.09. The van der Waals surface area contributed by atoms with Crippen molar-refractivity contribution in [3.63, 3.8) is 0 Å². The SMILES string of the molecule is C[C@H](Nc1nc(N)ncc1C#N)Sc1nc2cccc(Cl)c2c(=O)n1-c1cc(F)ccc1F. The van der Waals surface area contributed by atoms with Crippen molar-refractivity contribution in [3.8, 4) is 11.8 Å². The van der Waals surface area contributed by atoms with E-state index in [2.05, 4.69) is 20.3 Å². The van der Waals surface area contributed by atoms with Crippen LogP contribution in [0.15, 0.2) is 52.5 Å². The lowest BCUT2D eigenvalue weighted by molar-refractivity contribution is 0.585. The molecule has 0 spiro atoms. The van der Waals surface area contributed by atoms with Crippen molar-refractivity contribution in [2.24, 2.45) is 0 Å². The zero-order chi connectivity index (χ0) is 23.7. The third-order valence-corrected chi connectivity index (χ3v) is 5.79. The van der Waals surface area contributed by atoms with Gasteiger partial charge in [-0.25, -0.2) is 18.7 Å². The zero-order valence-corrected chi connectivity index (χ0v) is 18.5.